The molecule has 0 amide bonds. The van der Waals surface area contributed by atoms with Crippen molar-refractivity contribution in [1.29, 1.82) is 0 Å². The van der Waals surface area contributed by atoms with E-state index >= 15 is 0 Å². The van der Waals surface area contributed by atoms with E-state index < -0.39 is 35.5 Å². The molecule has 1 aliphatic heterocycles. The lowest BCUT2D eigenvalue weighted by Crippen LogP contribution is -2.36. The van der Waals surface area contributed by atoms with E-state index in [1.54, 1.807) is 19.1 Å². The third-order valence-electron chi connectivity index (χ3n) is 5.74. The maximum atomic E-state index is 14.6. The average Bonchev–Trinajstić information content (AvgIpc) is 2.89. The summed E-state index contributed by atoms with van der Waals surface area (Å²) in [6, 6.07) is 13.7. The number of nitrogens with zero attached hydrogens (tertiary/aromatic N) is 2. The fraction of sp³-hybridized carbons (Fsp3) is 0.308. The summed E-state index contributed by atoms with van der Waals surface area (Å²) >= 11 is 0. The number of halogens is 2. The van der Waals surface area contributed by atoms with E-state index in [1.807, 2.05) is 30.3 Å². The number of carboxylic acids is 1. The molecular weight excluding hydrogens is 472 g/mol. The van der Waals surface area contributed by atoms with Gasteiger partial charge in [-0.2, -0.15) is 4.98 Å². The van der Waals surface area contributed by atoms with Crippen molar-refractivity contribution in [3.63, 3.8) is 0 Å². The Bertz CT molecular complexity index is 1230. The molecule has 0 spiro atoms. The summed E-state index contributed by atoms with van der Waals surface area (Å²) in [4.78, 5) is 17.2. The van der Waals surface area contributed by atoms with Gasteiger partial charge in [0.1, 0.15) is 5.75 Å². The number of hydrogen-bond donors (Lipinski definition) is 2. The van der Waals surface area contributed by atoms with Crippen LogP contribution in [0.5, 0.6) is 17.5 Å². The zero-order valence-corrected chi connectivity index (χ0v) is 19.7. The number of benzene rings is 2. The maximum absolute atomic E-state index is 14.6. The smallest absolute Gasteiger partial charge is 0.344 e. The van der Waals surface area contributed by atoms with Gasteiger partial charge in [0.2, 0.25) is 0 Å². The highest BCUT2D eigenvalue weighted by molar-refractivity contribution is 5.73. The van der Waals surface area contributed by atoms with Gasteiger partial charge in [-0.1, -0.05) is 25.1 Å². The summed E-state index contributed by atoms with van der Waals surface area (Å²) in [5, 5.41) is 9.21. The fourth-order valence-electron chi connectivity index (χ4n) is 3.83. The Morgan fingerprint density at radius 2 is 1.86 bits per heavy atom. The molecule has 190 valence electrons. The van der Waals surface area contributed by atoms with E-state index in [0.717, 1.165) is 22.4 Å². The zero-order valence-electron chi connectivity index (χ0n) is 19.7. The van der Waals surface area contributed by atoms with Crippen molar-refractivity contribution in [3.8, 4) is 28.6 Å². The van der Waals surface area contributed by atoms with Crippen LogP contribution in [-0.2, 0) is 16.1 Å². The van der Waals surface area contributed by atoms with Crippen LogP contribution >= 0.6 is 0 Å². The molecule has 0 aliphatic carbocycles. The van der Waals surface area contributed by atoms with Crippen molar-refractivity contribution >= 4 is 11.7 Å². The quantitative estimate of drug-likeness (QED) is 0.447. The first-order valence-corrected chi connectivity index (χ1v) is 11.6. The molecule has 1 atom stereocenters. The minimum atomic E-state index is -1.34. The number of anilines is 1. The lowest BCUT2D eigenvalue weighted by atomic mass is 10.0. The van der Waals surface area contributed by atoms with E-state index in [9.17, 15) is 18.7 Å². The van der Waals surface area contributed by atoms with Gasteiger partial charge in [-0.25, -0.2) is 13.6 Å². The monoisotopic (exact) mass is 499 g/mol. The number of pyridine rings is 1. The Hall–Kier alpha value is -3.76. The molecule has 2 heterocycles. The van der Waals surface area contributed by atoms with Crippen molar-refractivity contribution < 1.29 is 32.9 Å². The van der Waals surface area contributed by atoms with Crippen LogP contribution in [-0.4, -0.2) is 48.5 Å². The number of carboxylic acid groups (broad SMARTS) is 1. The second-order valence-corrected chi connectivity index (χ2v) is 8.24. The molecule has 1 aliphatic rings. The predicted molar refractivity (Wildman–Crippen MR) is 129 cm³/mol. The molecule has 36 heavy (non-hydrogen) atoms. The van der Waals surface area contributed by atoms with E-state index in [0.29, 0.717) is 38.9 Å². The molecule has 3 N–H and O–H groups in total. The fourth-order valence-corrected chi connectivity index (χ4v) is 3.83. The molecule has 2 aromatic carbocycles. The van der Waals surface area contributed by atoms with Crippen LogP contribution in [0, 0.1) is 11.6 Å². The van der Waals surface area contributed by atoms with Gasteiger partial charge in [-0.3, -0.25) is 0 Å². The van der Waals surface area contributed by atoms with E-state index in [1.165, 1.54) is 0 Å². The Morgan fingerprint density at radius 1 is 1.11 bits per heavy atom. The highest BCUT2D eigenvalue weighted by Crippen LogP contribution is 2.35. The number of ether oxygens (including phenoxy) is 3. The molecule has 0 radical (unpaired) electrons. The van der Waals surface area contributed by atoms with Crippen molar-refractivity contribution in [2.75, 3.05) is 31.2 Å². The molecule has 1 saturated heterocycles. The van der Waals surface area contributed by atoms with Crippen LogP contribution in [0.15, 0.2) is 48.5 Å². The minimum absolute atomic E-state index is 0.0663. The molecule has 1 aromatic heterocycles. The van der Waals surface area contributed by atoms with Crippen LogP contribution < -0.4 is 20.1 Å². The van der Waals surface area contributed by atoms with Crippen LogP contribution in [0.3, 0.4) is 0 Å². The number of aromatic nitrogens is 1. The molecule has 3 aromatic rings. The molecular formula is C26H27F2N3O5. The molecule has 0 bridgehead atoms. The largest absolute Gasteiger partial charge is 0.479 e. The van der Waals surface area contributed by atoms with Gasteiger partial charge < -0.3 is 30.0 Å². The first-order chi connectivity index (χ1) is 17.4. The standard InChI is InChI=1S/C26H27F2N3O5/c1-2-23(26(32)33)36-25-22(28)14-21(27)24(30-25)35-20-12-18(17-5-3-4-16(10-17)15-29)11-19(13-20)31-6-8-34-9-7-31/h3-5,10-14,23H,2,6-9,15,29H2,1H3,(H,32,33). The summed E-state index contributed by atoms with van der Waals surface area (Å²) in [6.45, 7) is 4.42. The van der Waals surface area contributed by atoms with Crippen molar-refractivity contribution in [1.82, 2.24) is 4.98 Å². The molecule has 0 saturated carbocycles. The highest BCUT2D eigenvalue weighted by atomic mass is 19.1. The number of morpholine rings is 1. The summed E-state index contributed by atoms with van der Waals surface area (Å²) in [5.41, 5.74) is 9.28. The van der Waals surface area contributed by atoms with Crippen LogP contribution in [0.1, 0.15) is 18.9 Å². The lowest BCUT2D eigenvalue weighted by Gasteiger charge is -2.29. The number of aliphatic carboxylic acids is 1. The topological polar surface area (TPSA) is 107 Å². The summed E-state index contributed by atoms with van der Waals surface area (Å²) in [5.74, 6) is -4.38. The summed E-state index contributed by atoms with van der Waals surface area (Å²) in [7, 11) is 0. The SMILES string of the molecule is CCC(Oc1nc(Oc2cc(-c3cccc(CN)c3)cc(N3CCOCC3)c2)c(F)cc1F)C(=O)O. The highest BCUT2D eigenvalue weighted by Gasteiger charge is 2.23. The number of rotatable bonds is 9. The zero-order chi connectivity index (χ0) is 25.7. The third kappa shape index (κ3) is 5.89. The second kappa shape index (κ2) is 11.3. The lowest BCUT2D eigenvalue weighted by molar-refractivity contribution is -0.145. The Kier molecular flexibility index (Phi) is 7.97. The van der Waals surface area contributed by atoms with Gasteiger partial charge >= 0.3 is 5.97 Å². The van der Waals surface area contributed by atoms with Crippen LogP contribution in [0.25, 0.3) is 11.1 Å². The normalized spacial score (nSPS) is 14.4. The van der Waals surface area contributed by atoms with E-state index in [-0.39, 0.29) is 12.2 Å². The molecule has 10 heteroatoms. The molecule has 8 nitrogen and oxygen atoms in total. The predicted octanol–water partition coefficient (Wildman–Crippen LogP) is 4.36. The van der Waals surface area contributed by atoms with Gasteiger partial charge in [0.15, 0.2) is 17.7 Å². The van der Waals surface area contributed by atoms with Gasteiger partial charge in [0.05, 0.1) is 13.2 Å². The van der Waals surface area contributed by atoms with Crippen molar-refractivity contribution in [3.05, 3.63) is 65.7 Å². The number of carbonyl (C=O) groups is 1. The average molecular weight is 500 g/mol. The summed E-state index contributed by atoms with van der Waals surface area (Å²) < 4.78 is 45.3. The van der Waals surface area contributed by atoms with E-state index in [2.05, 4.69) is 9.88 Å². The van der Waals surface area contributed by atoms with Crippen molar-refractivity contribution in [2.45, 2.75) is 26.0 Å². The van der Waals surface area contributed by atoms with Gasteiger partial charge in [-0.15, -0.1) is 0 Å². The molecule has 4 rings (SSSR count). The third-order valence-corrected chi connectivity index (χ3v) is 5.74. The first kappa shape index (κ1) is 25.3. The van der Waals surface area contributed by atoms with Gasteiger partial charge in [-0.05, 0) is 41.3 Å². The Morgan fingerprint density at radius 3 is 2.56 bits per heavy atom. The Balaban J connectivity index is 1.72. The summed E-state index contributed by atoms with van der Waals surface area (Å²) in [6.07, 6.45) is -1.27. The van der Waals surface area contributed by atoms with Crippen LogP contribution in [0.4, 0.5) is 14.5 Å². The van der Waals surface area contributed by atoms with Gasteiger partial charge in [0, 0.05) is 37.5 Å². The van der Waals surface area contributed by atoms with Gasteiger partial charge in [0.25, 0.3) is 11.8 Å². The van der Waals surface area contributed by atoms with Crippen LogP contribution in [0.2, 0.25) is 0 Å². The number of nitrogens with two attached hydrogens (primary N) is 1. The first-order valence-electron chi connectivity index (χ1n) is 11.6. The number of hydrogen-bond acceptors (Lipinski definition) is 7. The molecule has 1 fully saturated rings. The minimum Gasteiger partial charge on any atom is -0.479 e. The molecule has 1 unspecified atom stereocenters. The maximum Gasteiger partial charge on any atom is 0.344 e. The van der Waals surface area contributed by atoms with Crippen molar-refractivity contribution in [2.24, 2.45) is 5.73 Å². The van der Waals surface area contributed by atoms with E-state index in [4.69, 9.17) is 19.9 Å². The second-order valence-electron chi connectivity index (χ2n) is 8.24. The Labute approximate surface area is 207 Å².